The highest BCUT2D eigenvalue weighted by Gasteiger charge is 2.10. The second-order valence-electron chi connectivity index (χ2n) is 3.68. The Morgan fingerprint density at radius 2 is 2.06 bits per heavy atom. The number of carboxylic acids is 1. The van der Waals surface area contributed by atoms with Gasteiger partial charge < -0.3 is 9.84 Å². The molecule has 0 fully saturated rings. The summed E-state index contributed by atoms with van der Waals surface area (Å²) in [5.41, 5.74) is 0.621. The number of hydrogen-bond donors (Lipinski definition) is 1. The lowest BCUT2D eigenvalue weighted by atomic mass is 10.0. The average Bonchev–Trinajstić information content (AvgIpc) is 2.32. The van der Waals surface area contributed by atoms with Gasteiger partial charge in [-0.1, -0.05) is 23.7 Å². The number of hydrogen-bond acceptors (Lipinski definition) is 2. The maximum atomic E-state index is 10.8. The van der Waals surface area contributed by atoms with Crippen LogP contribution in [-0.4, -0.2) is 18.2 Å². The molecule has 0 aliphatic rings. The Labute approximate surface area is 104 Å². The topological polar surface area (TPSA) is 46.5 Å². The van der Waals surface area contributed by atoms with Crippen LogP contribution in [0.5, 0.6) is 5.75 Å². The van der Waals surface area contributed by atoms with E-state index >= 15 is 0 Å². The van der Waals surface area contributed by atoms with Crippen LogP contribution in [0.3, 0.4) is 0 Å². The quantitative estimate of drug-likeness (QED) is 0.910. The molecule has 0 saturated carbocycles. The SMILES string of the molecule is COc1ccc2ccc(Cl)c(CC(=O)O)c2c1. The maximum Gasteiger partial charge on any atom is 0.307 e. The van der Waals surface area contributed by atoms with Crippen LogP contribution in [0.15, 0.2) is 30.3 Å². The van der Waals surface area contributed by atoms with Gasteiger partial charge in [-0.05, 0) is 34.5 Å². The first-order valence-corrected chi connectivity index (χ1v) is 5.46. The van der Waals surface area contributed by atoms with Gasteiger partial charge in [0.1, 0.15) is 5.75 Å². The summed E-state index contributed by atoms with van der Waals surface area (Å²) in [4.78, 5) is 10.8. The molecule has 0 aliphatic carbocycles. The van der Waals surface area contributed by atoms with Gasteiger partial charge in [-0.25, -0.2) is 0 Å². The minimum atomic E-state index is -0.901. The van der Waals surface area contributed by atoms with Gasteiger partial charge in [-0.2, -0.15) is 0 Å². The van der Waals surface area contributed by atoms with Gasteiger partial charge in [-0.15, -0.1) is 0 Å². The van der Waals surface area contributed by atoms with E-state index < -0.39 is 5.97 Å². The molecule has 2 aromatic rings. The van der Waals surface area contributed by atoms with E-state index in [2.05, 4.69) is 0 Å². The van der Waals surface area contributed by atoms with Crippen molar-refractivity contribution in [1.29, 1.82) is 0 Å². The number of carbonyl (C=O) groups is 1. The summed E-state index contributed by atoms with van der Waals surface area (Å²) in [5, 5.41) is 11.1. The number of methoxy groups -OCH3 is 1. The van der Waals surface area contributed by atoms with Crippen LogP contribution in [0.2, 0.25) is 5.02 Å². The second-order valence-corrected chi connectivity index (χ2v) is 4.09. The zero-order valence-electron chi connectivity index (χ0n) is 9.24. The Morgan fingerprint density at radius 3 is 2.71 bits per heavy atom. The van der Waals surface area contributed by atoms with Gasteiger partial charge >= 0.3 is 5.97 Å². The molecule has 0 unspecified atom stereocenters. The maximum absolute atomic E-state index is 10.8. The second kappa shape index (κ2) is 4.63. The van der Waals surface area contributed by atoms with E-state index in [0.717, 1.165) is 10.8 Å². The number of aliphatic carboxylic acids is 1. The lowest BCUT2D eigenvalue weighted by molar-refractivity contribution is -0.136. The molecule has 4 heteroatoms. The molecule has 0 atom stereocenters. The molecule has 0 aromatic heterocycles. The molecule has 0 radical (unpaired) electrons. The van der Waals surface area contributed by atoms with Crippen LogP contribution in [-0.2, 0) is 11.2 Å². The Bertz CT molecular complexity index is 578. The zero-order chi connectivity index (χ0) is 12.4. The Morgan fingerprint density at radius 1 is 1.35 bits per heavy atom. The first kappa shape index (κ1) is 11.7. The van der Waals surface area contributed by atoms with Crippen molar-refractivity contribution in [1.82, 2.24) is 0 Å². The molecule has 0 aliphatic heterocycles. The summed E-state index contributed by atoms with van der Waals surface area (Å²) >= 11 is 6.04. The van der Waals surface area contributed by atoms with E-state index in [9.17, 15) is 4.79 Å². The van der Waals surface area contributed by atoms with Gasteiger partial charge in [0.15, 0.2) is 0 Å². The minimum absolute atomic E-state index is 0.0939. The van der Waals surface area contributed by atoms with Gasteiger partial charge in [-0.3, -0.25) is 4.79 Å². The van der Waals surface area contributed by atoms with E-state index in [4.69, 9.17) is 21.4 Å². The Kier molecular flexibility index (Phi) is 3.20. The van der Waals surface area contributed by atoms with Crippen LogP contribution in [0.25, 0.3) is 10.8 Å². The van der Waals surface area contributed by atoms with Crippen molar-refractivity contribution in [3.8, 4) is 5.75 Å². The van der Waals surface area contributed by atoms with Crippen LogP contribution >= 0.6 is 11.6 Å². The largest absolute Gasteiger partial charge is 0.497 e. The summed E-state index contributed by atoms with van der Waals surface area (Å²) < 4.78 is 5.13. The average molecular weight is 251 g/mol. The third kappa shape index (κ3) is 2.34. The highest BCUT2D eigenvalue weighted by Crippen LogP contribution is 2.29. The van der Waals surface area contributed by atoms with Crippen LogP contribution in [0.4, 0.5) is 0 Å². The zero-order valence-corrected chi connectivity index (χ0v) is 9.99. The minimum Gasteiger partial charge on any atom is -0.497 e. The van der Waals surface area contributed by atoms with Crippen molar-refractivity contribution in [2.75, 3.05) is 7.11 Å². The first-order chi connectivity index (χ1) is 8.11. The van der Waals surface area contributed by atoms with Gasteiger partial charge in [0, 0.05) is 5.02 Å². The molecule has 88 valence electrons. The van der Waals surface area contributed by atoms with Gasteiger partial charge in [0.05, 0.1) is 13.5 Å². The van der Waals surface area contributed by atoms with E-state index in [0.29, 0.717) is 16.3 Å². The van der Waals surface area contributed by atoms with Crippen molar-refractivity contribution in [3.63, 3.8) is 0 Å². The molecule has 3 nitrogen and oxygen atoms in total. The van der Waals surface area contributed by atoms with Crippen molar-refractivity contribution < 1.29 is 14.6 Å². The summed E-state index contributed by atoms with van der Waals surface area (Å²) in [6.07, 6.45) is -0.0939. The fraction of sp³-hybridized carbons (Fsp3) is 0.154. The molecule has 17 heavy (non-hydrogen) atoms. The molecule has 0 heterocycles. The fourth-order valence-corrected chi connectivity index (χ4v) is 2.02. The van der Waals surface area contributed by atoms with Crippen molar-refractivity contribution in [2.45, 2.75) is 6.42 Å². The summed E-state index contributed by atoms with van der Waals surface area (Å²) in [6.45, 7) is 0. The third-order valence-corrected chi connectivity index (χ3v) is 2.97. The normalized spacial score (nSPS) is 10.5. The number of carboxylic acid groups (broad SMARTS) is 1. The Balaban J connectivity index is 2.68. The molecule has 2 aromatic carbocycles. The van der Waals surface area contributed by atoms with E-state index in [1.807, 2.05) is 18.2 Å². The monoisotopic (exact) mass is 250 g/mol. The summed E-state index contributed by atoms with van der Waals surface area (Å²) in [6, 6.07) is 9.10. The molecule has 2 rings (SSSR count). The predicted molar refractivity (Wildman–Crippen MR) is 66.8 cm³/mol. The number of benzene rings is 2. The Hall–Kier alpha value is -1.74. The van der Waals surface area contributed by atoms with E-state index in [1.54, 1.807) is 19.2 Å². The third-order valence-electron chi connectivity index (χ3n) is 2.61. The predicted octanol–water partition coefficient (Wildman–Crippen LogP) is 3.13. The number of ether oxygens (including phenoxy) is 1. The van der Waals surface area contributed by atoms with Crippen molar-refractivity contribution in [2.24, 2.45) is 0 Å². The number of rotatable bonds is 3. The molecule has 0 amide bonds. The highest BCUT2D eigenvalue weighted by atomic mass is 35.5. The van der Waals surface area contributed by atoms with Crippen LogP contribution < -0.4 is 4.74 Å². The molecule has 0 bridgehead atoms. The van der Waals surface area contributed by atoms with Crippen molar-refractivity contribution in [3.05, 3.63) is 40.9 Å². The van der Waals surface area contributed by atoms with Crippen LogP contribution in [0, 0.1) is 0 Å². The molecule has 0 saturated heterocycles. The van der Waals surface area contributed by atoms with Gasteiger partial charge in [0.25, 0.3) is 0 Å². The van der Waals surface area contributed by atoms with Gasteiger partial charge in [0.2, 0.25) is 0 Å². The smallest absolute Gasteiger partial charge is 0.307 e. The standard InChI is InChI=1S/C13H11ClO3/c1-17-9-4-2-8-3-5-12(14)11(7-13(15)16)10(8)6-9/h2-6H,7H2,1H3,(H,15,16). The summed E-state index contributed by atoms with van der Waals surface area (Å²) in [7, 11) is 1.57. The number of halogens is 1. The molecular formula is C13H11ClO3. The molecular weight excluding hydrogens is 240 g/mol. The van der Waals surface area contributed by atoms with E-state index in [1.165, 1.54) is 0 Å². The van der Waals surface area contributed by atoms with E-state index in [-0.39, 0.29) is 6.42 Å². The number of fused-ring (bicyclic) bond motifs is 1. The molecule has 0 spiro atoms. The highest BCUT2D eigenvalue weighted by molar-refractivity contribution is 6.32. The lowest BCUT2D eigenvalue weighted by Gasteiger charge is -2.08. The lowest BCUT2D eigenvalue weighted by Crippen LogP contribution is -2.01. The first-order valence-electron chi connectivity index (χ1n) is 5.08. The fourth-order valence-electron chi connectivity index (χ4n) is 1.79. The molecule has 1 N–H and O–H groups in total. The van der Waals surface area contributed by atoms with Crippen LogP contribution in [0.1, 0.15) is 5.56 Å². The summed E-state index contributed by atoms with van der Waals surface area (Å²) in [5.74, 6) is -0.214. The van der Waals surface area contributed by atoms with Crippen molar-refractivity contribution >= 4 is 28.3 Å².